The fourth-order valence-electron chi connectivity index (χ4n) is 3.83. The molecule has 1 amide bonds. The van der Waals surface area contributed by atoms with Crippen molar-refractivity contribution in [3.8, 4) is 0 Å². The Balaban J connectivity index is 1.41. The molecule has 0 bridgehead atoms. The lowest BCUT2D eigenvalue weighted by atomic mass is 9.90. The van der Waals surface area contributed by atoms with Gasteiger partial charge in [0.15, 0.2) is 6.10 Å². The van der Waals surface area contributed by atoms with Crippen molar-refractivity contribution in [3.05, 3.63) is 35.9 Å². The second-order valence-electron chi connectivity index (χ2n) is 6.91. The van der Waals surface area contributed by atoms with Crippen LogP contribution in [-0.4, -0.2) is 66.8 Å². The van der Waals surface area contributed by atoms with E-state index < -0.39 is 0 Å². The molecule has 2 atom stereocenters. The molecule has 0 N–H and O–H groups in total. The summed E-state index contributed by atoms with van der Waals surface area (Å²) in [5.74, 6) is 0.146. The number of morpholine rings is 1. The molecule has 3 aliphatic rings. The number of benzene rings is 1. The van der Waals surface area contributed by atoms with E-state index >= 15 is 0 Å². The fourth-order valence-corrected chi connectivity index (χ4v) is 3.83. The van der Waals surface area contributed by atoms with E-state index in [-0.39, 0.29) is 17.6 Å². The lowest BCUT2D eigenvalue weighted by Crippen LogP contribution is -2.60. The molecule has 3 heterocycles. The lowest BCUT2D eigenvalue weighted by Gasteiger charge is -2.48. The number of ether oxygens (including phenoxy) is 2. The first-order valence-corrected chi connectivity index (χ1v) is 8.55. The Labute approximate surface area is 137 Å². The van der Waals surface area contributed by atoms with Gasteiger partial charge in [0.25, 0.3) is 5.91 Å². The number of hydrogen-bond donors (Lipinski definition) is 0. The molecule has 5 nitrogen and oxygen atoms in total. The third-order valence-electron chi connectivity index (χ3n) is 5.04. The number of hydrogen-bond acceptors (Lipinski definition) is 4. The molecule has 4 rings (SSSR count). The Bertz CT molecular complexity index is 557. The molecule has 3 aliphatic heterocycles. The van der Waals surface area contributed by atoms with Crippen LogP contribution in [0.1, 0.15) is 18.4 Å². The molecule has 3 saturated heterocycles. The Hall–Kier alpha value is -1.43. The zero-order chi connectivity index (χ0) is 15.7. The lowest BCUT2D eigenvalue weighted by molar-refractivity contribution is -0.159. The smallest absolute Gasteiger partial charge is 0.254 e. The van der Waals surface area contributed by atoms with Gasteiger partial charge in [-0.05, 0) is 18.4 Å². The van der Waals surface area contributed by atoms with Gasteiger partial charge in [-0.3, -0.25) is 9.69 Å². The van der Waals surface area contributed by atoms with Gasteiger partial charge in [0, 0.05) is 26.2 Å². The van der Waals surface area contributed by atoms with Crippen LogP contribution in [-0.2, 0) is 20.8 Å². The highest BCUT2D eigenvalue weighted by molar-refractivity contribution is 5.83. The average molecular weight is 316 g/mol. The van der Waals surface area contributed by atoms with Crippen LogP contribution in [0.3, 0.4) is 0 Å². The van der Waals surface area contributed by atoms with Crippen molar-refractivity contribution in [2.45, 2.75) is 31.1 Å². The van der Waals surface area contributed by atoms with Crippen LogP contribution in [0.25, 0.3) is 0 Å². The molecule has 2 unspecified atom stereocenters. The van der Waals surface area contributed by atoms with E-state index in [2.05, 4.69) is 35.2 Å². The first-order valence-electron chi connectivity index (χ1n) is 8.55. The van der Waals surface area contributed by atoms with Crippen LogP contribution in [0.4, 0.5) is 0 Å². The SMILES string of the molecule is O=C(C1CO1)N1CCCC2(CN(Cc3ccccc3)CCO2)C1. The molecule has 124 valence electrons. The largest absolute Gasteiger partial charge is 0.370 e. The molecule has 1 aromatic carbocycles. The summed E-state index contributed by atoms with van der Waals surface area (Å²) in [6.07, 6.45) is 1.86. The molecule has 0 radical (unpaired) electrons. The number of likely N-dealkylation sites (tertiary alicyclic amines) is 1. The van der Waals surface area contributed by atoms with E-state index in [4.69, 9.17) is 9.47 Å². The predicted octanol–water partition coefficient (Wildman–Crippen LogP) is 1.28. The molecule has 1 spiro atoms. The van der Waals surface area contributed by atoms with E-state index in [1.165, 1.54) is 5.56 Å². The van der Waals surface area contributed by atoms with Crippen LogP contribution in [0, 0.1) is 0 Å². The minimum atomic E-state index is -0.199. The standard InChI is InChI=1S/C18H24N2O3/c21-17(16-12-22-16)20-8-4-7-18(14-20)13-19(9-10-23-18)11-15-5-2-1-3-6-15/h1-3,5-6,16H,4,7-14H2. The zero-order valence-electron chi connectivity index (χ0n) is 13.4. The van der Waals surface area contributed by atoms with E-state index in [0.29, 0.717) is 13.2 Å². The third-order valence-corrected chi connectivity index (χ3v) is 5.04. The van der Waals surface area contributed by atoms with Crippen LogP contribution >= 0.6 is 0 Å². The van der Waals surface area contributed by atoms with Gasteiger partial charge in [0.2, 0.25) is 0 Å². The van der Waals surface area contributed by atoms with Crippen molar-refractivity contribution in [1.29, 1.82) is 0 Å². The van der Waals surface area contributed by atoms with Crippen molar-refractivity contribution in [3.63, 3.8) is 0 Å². The topological polar surface area (TPSA) is 45.3 Å². The molecule has 0 aliphatic carbocycles. The fraction of sp³-hybridized carbons (Fsp3) is 0.611. The summed E-state index contributed by atoms with van der Waals surface area (Å²) < 4.78 is 11.3. The van der Waals surface area contributed by atoms with Crippen LogP contribution in [0.2, 0.25) is 0 Å². The summed E-state index contributed by atoms with van der Waals surface area (Å²) in [6.45, 7) is 5.68. The highest BCUT2D eigenvalue weighted by Crippen LogP contribution is 2.30. The van der Waals surface area contributed by atoms with E-state index in [1.54, 1.807) is 0 Å². The Morgan fingerprint density at radius 1 is 1.22 bits per heavy atom. The molecule has 3 fully saturated rings. The summed E-state index contributed by atoms with van der Waals surface area (Å²) in [4.78, 5) is 16.7. The van der Waals surface area contributed by atoms with Crippen LogP contribution in [0.5, 0.6) is 0 Å². The highest BCUT2D eigenvalue weighted by atomic mass is 16.6. The summed E-state index contributed by atoms with van der Waals surface area (Å²) in [6, 6.07) is 10.6. The zero-order valence-corrected chi connectivity index (χ0v) is 13.4. The van der Waals surface area contributed by atoms with E-state index in [0.717, 1.165) is 45.6 Å². The maximum atomic E-state index is 12.3. The van der Waals surface area contributed by atoms with Crippen molar-refractivity contribution in [1.82, 2.24) is 9.80 Å². The number of epoxide rings is 1. The second kappa shape index (κ2) is 6.23. The van der Waals surface area contributed by atoms with Gasteiger partial charge in [-0.1, -0.05) is 30.3 Å². The average Bonchev–Trinajstić information content (AvgIpc) is 3.40. The van der Waals surface area contributed by atoms with Gasteiger partial charge in [-0.15, -0.1) is 0 Å². The van der Waals surface area contributed by atoms with Crippen molar-refractivity contribution in [2.24, 2.45) is 0 Å². The summed E-state index contributed by atoms with van der Waals surface area (Å²) in [7, 11) is 0. The summed E-state index contributed by atoms with van der Waals surface area (Å²) in [5, 5.41) is 0. The quantitative estimate of drug-likeness (QED) is 0.788. The van der Waals surface area contributed by atoms with Crippen LogP contribution < -0.4 is 0 Å². The first kappa shape index (κ1) is 15.1. The van der Waals surface area contributed by atoms with Crippen molar-refractivity contribution < 1.29 is 14.3 Å². The Morgan fingerprint density at radius 2 is 2.04 bits per heavy atom. The molecular weight excluding hydrogens is 292 g/mol. The molecule has 0 aromatic heterocycles. The predicted molar refractivity (Wildman–Crippen MR) is 86.0 cm³/mol. The van der Waals surface area contributed by atoms with E-state index in [1.807, 2.05) is 4.90 Å². The monoisotopic (exact) mass is 316 g/mol. The van der Waals surface area contributed by atoms with Gasteiger partial charge in [-0.25, -0.2) is 0 Å². The van der Waals surface area contributed by atoms with Gasteiger partial charge in [0.05, 0.1) is 25.4 Å². The molecule has 1 aromatic rings. The Morgan fingerprint density at radius 3 is 2.83 bits per heavy atom. The normalized spacial score (nSPS) is 31.3. The van der Waals surface area contributed by atoms with Crippen molar-refractivity contribution >= 4 is 5.91 Å². The van der Waals surface area contributed by atoms with Crippen molar-refractivity contribution in [2.75, 3.05) is 39.4 Å². The molecule has 5 heteroatoms. The molecule has 23 heavy (non-hydrogen) atoms. The summed E-state index contributed by atoms with van der Waals surface area (Å²) in [5.41, 5.74) is 1.13. The number of carbonyl (C=O) groups excluding carboxylic acids is 1. The van der Waals surface area contributed by atoms with E-state index in [9.17, 15) is 4.79 Å². The number of nitrogens with zero attached hydrogens (tertiary/aromatic N) is 2. The molecular formula is C18H24N2O3. The Kier molecular flexibility index (Phi) is 4.09. The minimum Gasteiger partial charge on any atom is -0.370 e. The maximum Gasteiger partial charge on any atom is 0.254 e. The minimum absolute atomic E-state index is 0.146. The first-order chi connectivity index (χ1) is 11.2. The highest BCUT2D eigenvalue weighted by Gasteiger charge is 2.44. The van der Waals surface area contributed by atoms with Crippen LogP contribution in [0.15, 0.2) is 30.3 Å². The van der Waals surface area contributed by atoms with Gasteiger partial charge >= 0.3 is 0 Å². The van der Waals surface area contributed by atoms with Gasteiger partial charge in [0.1, 0.15) is 0 Å². The number of carbonyl (C=O) groups is 1. The summed E-state index contributed by atoms with van der Waals surface area (Å²) >= 11 is 0. The number of rotatable bonds is 3. The number of piperidine rings is 1. The van der Waals surface area contributed by atoms with Gasteiger partial charge < -0.3 is 14.4 Å². The second-order valence-corrected chi connectivity index (χ2v) is 6.91. The molecule has 0 saturated carbocycles. The third kappa shape index (κ3) is 3.42. The number of amides is 1. The van der Waals surface area contributed by atoms with Gasteiger partial charge in [-0.2, -0.15) is 0 Å². The maximum absolute atomic E-state index is 12.3.